The fourth-order valence-electron chi connectivity index (χ4n) is 2.05. The average molecular weight is 303 g/mol. The van der Waals surface area contributed by atoms with Gasteiger partial charge in [0, 0.05) is 12.4 Å². The van der Waals surface area contributed by atoms with Crippen LogP contribution < -0.4 is 0 Å². The van der Waals surface area contributed by atoms with E-state index in [0.717, 1.165) is 22.5 Å². The zero-order valence-corrected chi connectivity index (χ0v) is 13.2. The molecule has 0 saturated heterocycles. The van der Waals surface area contributed by atoms with Crippen LogP contribution in [0.3, 0.4) is 0 Å². The quantitative estimate of drug-likeness (QED) is 0.857. The molecule has 0 aliphatic heterocycles. The lowest BCUT2D eigenvalue weighted by atomic mass is 9.94. The molecule has 3 nitrogen and oxygen atoms in total. The van der Waals surface area contributed by atoms with E-state index in [2.05, 4.69) is 11.6 Å². The number of hydrogen-bond donors (Lipinski definition) is 1. The predicted octanol–water partition coefficient (Wildman–Crippen LogP) is 4.26. The van der Waals surface area contributed by atoms with Crippen LogP contribution in [0.2, 0.25) is 5.15 Å². The van der Waals surface area contributed by atoms with Crippen molar-refractivity contribution < 1.29 is 5.11 Å². The molecule has 1 N–H and O–H groups in total. The average Bonchev–Trinajstić information content (AvgIpc) is 2.73. The van der Waals surface area contributed by atoms with E-state index in [4.69, 9.17) is 11.6 Å². The van der Waals surface area contributed by atoms with Gasteiger partial charge in [0.15, 0.2) is 0 Å². The van der Waals surface area contributed by atoms with E-state index < -0.39 is 5.60 Å². The number of aromatic nitrogens is 2. The number of hydrogen-bond acceptors (Lipinski definition) is 2. The third kappa shape index (κ3) is 3.63. The van der Waals surface area contributed by atoms with Gasteiger partial charge in [0.2, 0.25) is 0 Å². The van der Waals surface area contributed by atoms with Crippen LogP contribution in [0.15, 0.2) is 43.1 Å². The molecule has 0 bridgehead atoms. The molecule has 1 heterocycles. The predicted molar refractivity (Wildman–Crippen MR) is 88.0 cm³/mol. The molecule has 1 aromatic carbocycles. The van der Waals surface area contributed by atoms with E-state index in [9.17, 15) is 5.11 Å². The highest BCUT2D eigenvalue weighted by molar-refractivity contribution is 6.29. The van der Waals surface area contributed by atoms with E-state index in [1.165, 1.54) is 0 Å². The topological polar surface area (TPSA) is 38.0 Å². The second kappa shape index (κ2) is 5.88. The van der Waals surface area contributed by atoms with Crippen molar-refractivity contribution >= 4 is 23.4 Å². The summed E-state index contributed by atoms with van der Waals surface area (Å²) < 4.78 is 1.86. The number of halogens is 1. The van der Waals surface area contributed by atoms with E-state index in [1.807, 2.05) is 42.0 Å². The first-order valence-corrected chi connectivity index (χ1v) is 7.07. The standard InChI is InChI=1S/C17H19ClN2O/c1-5-13(10-20-11-16(18)19-12(20)2)14-7-6-8-15(9-14)17(3,4)21/h5-11,21H,1H2,2-4H3/b13-10+. The van der Waals surface area contributed by atoms with Crippen LogP contribution in [0.25, 0.3) is 11.8 Å². The Labute approximate surface area is 130 Å². The first kappa shape index (κ1) is 15.5. The molecule has 21 heavy (non-hydrogen) atoms. The highest BCUT2D eigenvalue weighted by Crippen LogP contribution is 2.25. The summed E-state index contributed by atoms with van der Waals surface area (Å²) in [6.07, 6.45) is 5.45. The van der Waals surface area contributed by atoms with Gasteiger partial charge in [-0.3, -0.25) is 0 Å². The summed E-state index contributed by atoms with van der Waals surface area (Å²) in [6.45, 7) is 9.28. The molecule has 110 valence electrons. The minimum Gasteiger partial charge on any atom is -0.386 e. The van der Waals surface area contributed by atoms with Crippen molar-refractivity contribution in [3.05, 3.63) is 65.2 Å². The third-order valence-corrected chi connectivity index (χ3v) is 3.47. The maximum atomic E-state index is 10.1. The largest absolute Gasteiger partial charge is 0.386 e. The zero-order chi connectivity index (χ0) is 15.6. The second-order valence-corrected chi connectivity index (χ2v) is 5.83. The maximum Gasteiger partial charge on any atom is 0.147 e. The Bertz CT molecular complexity index is 693. The fraction of sp³-hybridized carbons (Fsp3) is 0.235. The number of benzene rings is 1. The van der Waals surface area contributed by atoms with Crippen LogP contribution in [-0.4, -0.2) is 14.7 Å². The smallest absolute Gasteiger partial charge is 0.147 e. The van der Waals surface area contributed by atoms with Gasteiger partial charge >= 0.3 is 0 Å². The molecule has 1 aromatic heterocycles. The fourth-order valence-corrected chi connectivity index (χ4v) is 2.28. The van der Waals surface area contributed by atoms with Gasteiger partial charge in [0.05, 0.1) is 5.60 Å². The van der Waals surface area contributed by atoms with E-state index in [-0.39, 0.29) is 0 Å². The molecular weight excluding hydrogens is 284 g/mol. The SMILES string of the molecule is C=C/C(=C\n1cc(Cl)nc1C)c1cccc(C(C)(C)O)c1. The minimum atomic E-state index is -0.878. The molecule has 2 rings (SSSR count). The van der Waals surface area contributed by atoms with Crippen LogP contribution >= 0.6 is 11.6 Å². The molecule has 0 unspecified atom stereocenters. The monoisotopic (exact) mass is 302 g/mol. The molecule has 0 radical (unpaired) electrons. The molecule has 0 atom stereocenters. The Kier molecular flexibility index (Phi) is 4.35. The number of rotatable bonds is 4. The lowest BCUT2D eigenvalue weighted by Crippen LogP contribution is -2.15. The Hall–Kier alpha value is -1.84. The van der Waals surface area contributed by atoms with Gasteiger partial charge in [-0.05, 0) is 43.5 Å². The van der Waals surface area contributed by atoms with Gasteiger partial charge in [-0.15, -0.1) is 0 Å². The van der Waals surface area contributed by atoms with Crippen LogP contribution in [0.5, 0.6) is 0 Å². The summed E-state index contributed by atoms with van der Waals surface area (Å²) >= 11 is 5.90. The molecule has 0 fully saturated rings. The number of aliphatic hydroxyl groups is 1. The van der Waals surface area contributed by atoms with Gasteiger partial charge in [-0.2, -0.15) is 0 Å². The van der Waals surface area contributed by atoms with Crippen LogP contribution in [0.1, 0.15) is 30.8 Å². The Morgan fingerprint density at radius 1 is 1.43 bits per heavy atom. The first-order valence-electron chi connectivity index (χ1n) is 6.70. The molecular formula is C17H19ClN2O. The molecule has 2 aromatic rings. The molecule has 0 saturated carbocycles. The van der Waals surface area contributed by atoms with Crippen LogP contribution in [0, 0.1) is 6.92 Å². The van der Waals surface area contributed by atoms with Gasteiger partial charge < -0.3 is 9.67 Å². The Balaban J connectivity index is 2.47. The molecule has 4 heteroatoms. The normalized spacial score (nSPS) is 12.5. The van der Waals surface area contributed by atoms with Gasteiger partial charge in [-0.25, -0.2) is 4.98 Å². The summed E-state index contributed by atoms with van der Waals surface area (Å²) in [7, 11) is 0. The molecule has 0 aliphatic rings. The summed E-state index contributed by atoms with van der Waals surface area (Å²) in [5.41, 5.74) is 1.89. The van der Waals surface area contributed by atoms with Crippen molar-refractivity contribution in [2.45, 2.75) is 26.4 Å². The highest BCUT2D eigenvalue weighted by Gasteiger charge is 2.16. The van der Waals surface area contributed by atoms with Crippen molar-refractivity contribution in [3.63, 3.8) is 0 Å². The summed E-state index contributed by atoms with van der Waals surface area (Å²) in [5.74, 6) is 0.804. The lowest BCUT2D eigenvalue weighted by molar-refractivity contribution is 0.0786. The maximum absolute atomic E-state index is 10.1. The zero-order valence-electron chi connectivity index (χ0n) is 12.5. The molecule has 0 amide bonds. The molecule has 0 aliphatic carbocycles. The summed E-state index contributed by atoms with van der Waals surface area (Å²) in [5, 5.41) is 10.6. The van der Waals surface area contributed by atoms with Crippen molar-refractivity contribution in [2.75, 3.05) is 0 Å². The Morgan fingerprint density at radius 3 is 2.67 bits per heavy atom. The van der Waals surface area contributed by atoms with Crippen molar-refractivity contribution in [1.29, 1.82) is 0 Å². The van der Waals surface area contributed by atoms with E-state index in [1.54, 1.807) is 26.1 Å². The third-order valence-electron chi connectivity index (χ3n) is 3.29. The number of imidazole rings is 1. The van der Waals surface area contributed by atoms with E-state index in [0.29, 0.717) is 5.15 Å². The van der Waals surface area contributed by atoms with Crippen LogP contribution in [-0.2, 0) is 5.60 Å². The van der Waals surface area contributed by atoms with Gasteiger partial charge in [0.25, 0.3) is 0 Å². The van der Waals surface area contributed by atoms with Crippen LogP contribution in [0.4, 0.5) is 0 Å². The number of allylic oxidation sites excluding steroid dienone is 2. The minimum absolute atomic E-state index is 0.456. The van der Waals surface area contributed by atoms with Crippen molar-refractivity contribution in [3.8, 4) is 0 Å². The summed E-state index contributed by atoms with van der Waals surface area (Å²) in [6, 6.07) is 7.77. The highest BCUT2D eigenvalue weighted by atomic mass is 35.5. The van der Waals surface area contributed by atoms with Crippen molar-refractivity contribution in [2.24, 2.45) is 0 Å². The number of aryl methyl sites for hydroxylation is 1. The second-order valence-electron chi connectivity index (χ2n) is 5.45. The lowest BCUT2D eigenvalue weighted by Gasteiger charge is -2.18. The molecule has 0 spiro atoms. The van der Waals surface area contributed by atoms with Gasteiger partial charge in [0.1, 0.15) is 11.0 Å². The van der Waals surface area contributed by atoms with Crippen molar-refractivity contribution in [1.82, 2.24) is 9.55 Å². The van der Waals surface area contributed by atoms with Gasteiger partial charge in [-0.1, -0.05) is 42.5 Å². The first-order chi connectivity index (χ1) is 9.81. The summed E-state index contributed by atoms with van der Waals surface area (Å²) in [4.78, 5) is 4.16. The Morgan fingerprint density at radius 2 is 2.14 bits per heavy atom. The number of nitrogens with zero attached hydrogens (tertiary/aromatic N) is 2. The van der Waals surface area contributed by atoms with E-state index >= 15 is 0 Å².